The highest BCUT2D eigenvalue weighted by molar-refractivity contribution is 7.90. The first-order chi connectivity index (χ1) is 9.46. The second-order valence-electron chi connectivity index (χ2n) is 4.48. The lowest BCUT2D eigenvalue weighted by Gasteiger charge is -2.08. The summed E-state index contributed by atoms with van der Waals surface area (Å²) in [4.78, 5) is 10.9. The van der Waals surface area contributed by atoms with Crippen LogP contribution in [0, 0.1) is 0 Å². The van der Waals surface area contributed by atoms with Gasteiger partial charge in [-0.15, -0.1) is 0 Å². The number of nitrogens with zero attached hydrogens (tertiary/aromatic N) is 2. The van der Waals surface area contributed by atoms with Crippen LogP contribution in [0.15, 0.2) is 30.3 Å². The predicted octanol–water partition coefficient (Wildman–Crippen LogP) is 1.39. The summed E-state index contributed by atoms with van der Waals surface area (Å²) in [6, 6.07) is 8.95. The fraction of sp³-hybridized carbons (Fsp3) is 0.167. The number of sulfone groups is 1. The van der Waals surface area contributed by atoms with Gasteiger partial charge in [-0.05, 0) is 12.1 Å². The molecule has 1 amide bonds. The van der Waals surface area contributed by atoms with Crippen LogP contribution in [0.2, 0.25) is 0 Å². The van der Waals surface area contributed by atoms with Crippen LogP contribution in [-0.4, -0.2) is 29.4 Å². The molecule has 2 N–H and O–H groups in total. The number of rotatable bonds is 2. The standard InChI is InChI=1S/C12H11N3O4S/c16-12(17)13-11-9-6-20(18,19)7-10(9)14-15(11)8-4-2-1-3-5-8/h1-5,13H,6-7H2,(H,16,17). The Morgan fingerprint density at radius 3 is 2.60 bits per heavy atom. The zero-order valence-corrected chi connectivity index (χ0v) is 11.1. The monoisotopic (exact) mass is 293 g/mol. The third kappa shape index (κ3) is 2.14. The van der Waals surface area contributed by atoms with Crippen LogP contribution in [0.4, 0.5) is 10.6 Å². The highest BCUT2D eigenvalue weighted by Crippen LogP contribution is 2.32. The van der Waals surface area contributed by atoms with Gasteiger partial charge < -0.3 is 5.11 Å². The third-order valence-electron chi connectivity index (χ3n) is 3.01. The minimum absolute atomic E-state index is 0.156. The summed E-state index contributed by atoms with van der Waals surface area (Å²) >= 11 is 0. The van der Waals surface area contributed by atoms with Crippen molar-refractivity contribution in [1.82, 2.24) is 9.78 Å². The van der Waals surface area contributed by atoms with Crippen molar-refractivity contribution in [2.45, 2.75) is 11.5 Å². The molecule has 20 heavy (non-hydrogen) atoms. The van der Waals surface area contributed by atoms with E-state index in [9.17, 15) is 13.2 Å². The topological polar surface area (TPSA) is 101 Å². The van der Waals surface area contributed by atoms with Gasteiger partial charge in [-0.2, -0.15) is 5.10 Å². The van der Waals surface area contributed by atoms with Gasteiger partial charge in [-0.1, -0.05) is 18.2 Å². The van der Waals surface area contributed by atoms with Crippen LogP contribution >= 0.6 is 0 Å². The predicted molar refractivity (Wildman–Crippen MR) is 71.5 cm³/mol. The number of hydrogen-bond donors (Lipinski definition) is 2. The number of amides is 1. The maximum absolute atomic E-state index is 11.6. The van der Waals surface area contributed by atoms with E-state index in [-0.39, 0.29) is 17.3 Å². The van der Waals surface area contributed by atoms with Gasteiger partial charge in [0.2, 0.25) is 0 Å². The molecule has 0 spiro atoms. The van der Waals surface area contributed by atoms with E-state index < -0.39 is 15.9 Å². The molecule has 0 radical (unpaired) electrons. The molecule has 0 aliphatic carbocycles. The molecule has 0 fully saturated rings. The first-order valence-electron chi connectivity index (χ1n) is 5.83. The zero-order chi connectivity index (χ0) is 14.3. The molecule has 2 heterocycles. The summed E-state index contributed by atoms with van der Waals surface area (Å²) in [5.41, 5.74) is 1.50. The molecular formula is C12H11N3O4S. The molecule has 104 valence electrons. The van der Waals surface area contributed by atoms with Gasteiger partial charge in [-0.25, -0.2) is 17.9 Å². The van der Waals surface area contributed by atoms with E-state index in [4.69, 9.17) is 5.11 Å². The molecule has 8 heteroatoms. The van der Waals surface area contributed by atoms with Crippen LogP contribution in [0.1, 0.15) is 11.3 Å². The van der Waals surface area contributed by atoms with Gasteiger partial charge in [0, 0.05) is 5.56 Å². The van der Waals surface area contributed by atoms with Crippen molar-refractivity contribution >= 4 is 21.7 Å². The number of nitrogens with one attached hydrogen (secondary N) is 1. The van der Waals surface area contributed by atoms with Crippen LogP contribution in [0.3, 0.4) is 0 Å². The van der Waals surface area contributed by atoms with Crippen molar-refractivity contribution in [3.05, 3.63) is 41.6 Å². The summed E-state index contributed by atoms with van der Waals surface area (Å²) in [6.45, 7) is 0. The summed E-state index contributed by atoms with van der Waals surface area (Å²) in [6.07, 6.45) is -1.26. The molecule has 1 aromatic carbocycles. The summed E-state index contributed by atoms with van der Waals surface area (Å²) in [5.74, 6) is -0.152. The average Bonchev–Trinajstić information content (AvgIpc) is 2.84. The average molecular weight is 293 g/mol. The molecule has 0 bridgehead atoms. The first kappa shape index (κ1) is 12.7. The van der Waals surface area contributed by atoms with Crippen LogP contribution in [0.25, 0.3) is 5.69 Å². The minimum Gasteiger partial charge on any atom is -0.465 e. The maximum atomic E-state index is 11.6. The number of aromatic nitrogens is 2. The Hall–Kier alpha value is -2.35. The number of carbonyl (C=O) groups is 1. The molecule has 0 saturated heterocycles. The normalized spacial score (nSPS) is 15.8. The zero-order valence-electron chi connectivity index (χ0n) is 10.3. The molecule has 1 aliphatic heterocycles. The quantitative estimate of drug-likeness (QED) is 0.871. The van der Waals surface area contributed by atoms with E-state index >= 15 is 0 Å². The van der Waals surface area contributed by atoms with E-state index in [2.05, 4.69) is 10.4 Å². The lowest BCUT2D eigenvalue weighted by atomic mass is 10.2. The van der Waals surface area contributed by atoms with E-state index in [0.717, 1.165) is 0 Å². The van der Waals surface area contributed by atoms with Crippen molar-refractivity contribution in [2.24, 2.45) is 0 Å². The highest BCUT2D eigenvalue weighted by atomic mass is 32.2. The smallest absolute Gasteiger partial charge is 0.410 e. The number of para-hydroxylation sites is 1. The molecule has 0 unspecified atom stereocenters. The molecule has 3 rings (SSSR count). The van der Waals surface area contributed by atoms with Gasteiger partial charge in [0.05, 0.1) is 22.9 Å². The number of benzene rings is 1. The van der Waals surface area contributed by atoms with E-state index in [0.29, 0.717) is 16.9 Å². The Balaban J connectivity index is 2.15. The molecule has 7 nitrogen and oxygen atoms in total. The Labute approximate surface area is 114 Å². The molecule has 1 aromatic heterocycles. The van der Waals surface area contributed by atoms with Crippen LogP contribution in [0.5, 0.6) is 0 Å². The SMILES string of the molecule is O=C(O)Nc1c2c(nn1-c1ccccc1)CS(=O)(=O)C2. The number of hydrogen-bond acceptors (Lipinski definition) is 4. The lowest BCUT2D eigenvalue weighted by molar-refractivity contribution is 0.209. The van der Waals surface area contributed by atoms with Crippen molar-refractivity contribution in [3.63, 3.8) is 0 Å². The molecule has 1 aliphatic rings. The first-order valence-corrected chi connectivity index (χ1v) is 7.65. The second kappa shape index (κ2) is 4.34. The van der Waals surface area contributed by atoms with Crippen LogP contribution < -0.4 is 5.32 Å². The minimum atomic E-state index is -3.23. The molecule has 2 aromatic rings. The number of fused-ring (bicyclic) bond motifs is 1. The lowest BCUT2D eigenvalue weighted by Crippen LogP contribution is -2.14. The van der Waals surface area contributed by atoms with E-state index in [1.807, 2.05) is 6.07 Å². The highest BCUT2D eigenvalue weighted by Gasteiger charge is 2.33. The fourth-order valence-electron chi connectivity index (χ4n) is 2.23. The van der Waals surface area contributed by atoms with Gasteiger partial charge in [0.15, 0.2) is 9.84 Å². The maximum Gasteiger partial charge on any atom is 0.410 e. The Morgan fingerprint density at radius 1 is 1.25 bits per heavy atom. The van der Waals surface area contributed by atoms with Crippen molar-refractivity contribution in [2.75, 3.05) is 5.32 Å². The Morgan fingerprint density at radius 2 is 1.95 bits per heavy atom. The third-order valence-corrected chi connectivity index (χ3v) is 4.46. The molecular weight excluding hydrogens is 282 g/mol. The van der Waals surface area contributed by atoms with Gasteiger partial charge in [-0.3, -0.25) is 5.32 Å². The van der Waals surface area contributed by atoms with E-state index in [1.54, 1.807) is 24.3 Å². The van der Waals surface area contributed by atoms with Crippen molar-refractivity contribution < 1.29 is 18.3 Å². The Bertz CT molecular complexity index is 781. The van der Waals surface area contributed by atoms with Crippen LogP contribution in [-0.2, 0) is 21.3 Å². The summed E-state index contributed by atoms with van der Waals surface area (Å²) in [5, 5.41) is 15.4. The largest absolute Gasteiger partial charge is 0.465 e. The molecule has 0 atom stereocenters. The van der Waals surface area contributed by atoms with Gasteiger partial charge >= 0.3 is 6.09 Å². The number of carboxylic acid groups (broad SMARTS) is 1. The second-order valence-corrected chi connectivity index (χ2v) is 6.55. The summed E-state index contributed by atoms with van der Waals surface area (Å²) < 4.78 is 24.6. The number of anilines is 1. The van der Waals surface area contributed by atoms with Crippen molar-refractivity contribution in [3.8, 4) is 5.69 Å². The Kier molecular flexibility index (Phi) is 2.75. The van der Waals surface area contributed by atoms with Gasteiger partial charge in [0.25, 0.3) is 0 Å². The fourth-order valence-corrected chi connectivity index (χ4v) is 3.72. The molecule has 0 saturated carbocycles. The summed E-state index contributed by atoms with van der Waals surface area (Å²) in [7, 11) is -3.23. The van der Waals surface area contributed by atoms with E-state index in [1.165, 1.54) is 4.68 Å². The van der Waals surface area contributed by atoms with Crippen molar-refractivity contribution in [1.29, 1.82) is 0 Å². The van der Waals surface area contributed by atoms with Gasteiger partial charge in [0.1, 0.15) is 5.82 Å².